The molecule has 0 aromatic heterocycles. The van der Waals surface area contributed by atoms with Crippen molar-refractivity contribution in [1.82, 2.24) is 4.83 Å². The van der Waals surface area contributed by atoms with Gasteiger partial charge < -0.3 is 4.18 Å². The van der Waals surface area contributed by atoms with Crippen LogP contribution in [0.2, 0.25) is 10.0 Å². The number of nitrogens with one attached hydrogen (secondary N) is 1. The van der Waals surface area contributed by atoms with E-state index in [4.69, 9.17) is 29.0 Å². The summed E-state index contributed by atoms with van der Waals surface area (Å²) in [7, 11) is -4.01. The zero-order valence-corrected chi connectivity index (χ0v) is 9.03. The molecule has 1 aromatic carbocycles. The molecule has 0 aliphatic rings. The van der Waals surface area contributed by atoms with E-state index in [-0.39, 0.29) is 10.8 Å². The largest absolute Gasteiger partial charge is 0.395 e. The van der Waals surface area contributed by atoms with E-state index in [1.165, 1.54) is 23.0 Å². The molecule has 0 heterocycles. The van der Waals surface area contributed by atoms with E-state index in [1.54, 1.807) is 0 Å². The quantitative estimate of drug-likeness (QED) is 0.627. The topological polar surface area (TPSA) is 81.4 Å². The van der Waals surface area contributed by atoms with Crippen molar-refractivity contribution in [2.75, 3.05) is 0 Å². The Morgan fingerprint density at radius 2 is 2.00 bits per heavy atom. The fraction of sp³-hybridized carbons (Fsp3) is 0. The van der Waals surface area contributed by atoms with Gasteiger partial charge in [-0.15, -0.1) is 4.83 Å². The van der Waals surface area contributed by atoms with Gasteiger partial charge in [-0.25, -0.2) is 0 Å². The van der Waals surface area contributed by atoms with E-state index in [0.29, 0.717) is 5.02 Å². The number of hydrogen-bond donors (Lipinski definition) is 2. The number of nitrogens with two attached hydrogens (primary N) is 1. The second kappa shape index (κ2) is 4.33. The number of halogens is 2. The molecule has 0 aliphatic heterocycles. The Kier molecular flexibility index (Phi) is 3.57. The van der Waals surface area contributed by atoms with E-state index in [2.05, 4.69) is 4.18 Å². The summed E-state index contributed by atoms with van der Waals surface area (Å²) in [4.78, 5) is 1.49. The van der Waals surface area contributed by atoms with Gasteiger partial charge in [0, 0.05) is 5.02 Å². The second-order valence-corrected chi connectivity index (χ2v) is 4.38. The predicted molar refractivity (Wildman–Crippen MR) is 53.3 cm³/mol. The highest BCUT2D eigenvalue weighted by Crippen LogP contribution is 2.28. The van der Waals surface area contributed by atoms with E-state index in [0.717, 1.165) is 0 Å². The van der Waals surface area contributed by atoms with Crippen molar-refractivity contribution in [2.24, 2.45) is 5.84 Å². The summed E-state index contributed by atoms with van der Waals surface area (Å²) in [6.45, 7) is 0. The molecular formula is C6H6Cl2N2O3S. The van der Waals surface area contributed by atoms with Crippen LogP contribution in [-0.2, 0) is 10.3 Å². The van der Waals surface area contributed by atoms with Gasteiger partial charge in [0.1, 0.15) is 0 Å². The van der Waals surface area contributed by atoms with Gasteiger partial charge >= 0.3 is 10.3 Å². The molecule has 1 aromatic rings. The van der Waals surface area contributed by atoms with E-state index >= 15 is 0 Å². The van der Waals surface area contributed by atoms with Crippen LogP contribution >= 0.6 is 23.2 Å². The molecule has 0 radical (unpaired) electrons. The van der Waals surface area contributed by atoms with Gasteiger partial charge in [0.2, 0.25) is 0 Å². The molecule has 8 heteroatoms. The molecule has 0 unspecified atom stereocenters. The van der Waals surface area contributed by atoms with Gasteiger partial charge in [-0.1, -0.05) is 23.2 Å². The molecular weight excluding hydrogens is 251 g/mol. The normalized spacial score (nSPS) is 11.4. The molecule has 0 fully saturated rings. The molecule has 0 saturated carbocycles. The minimum absolute atomic E-state index is 0.0472. The van der Waals surface area contributed by atoms with Crippen LogP contribution in [0.25, 0.3) is 0 Å². The number of hydrazine groups is 1. The Labute approximate surface area is 91.0 Å². The number of rotatable bonds is 3. The maximum absolute atomic E-state index is 10.9. The minimum atomic E-state index is -4.01. The van der Waals surface area contributed by atoms with Gasteiger partial charge in [-0.05, 0) is 18.2 Å². The van der Waals surface area contributed by atoms with Gasteiger partial charge in [0.05, 0.1) is 5.02 Å². The van der Waals surface area contributed by atoms with Gasteiger partial charge in [-0.2, -0.15) is 8.42 Å². The molecule has 1 rings (SSSR count). The van der Waals surface area contributed by atoms with Crippen LogP contribution in [0.5, 0.6) is 5.75 Å². The fourth-order valence-corrected chi connectivity index (χ4v) is 1.61. The maximum atomic E-state index is 10.9. The summed E-state index contributed by atoms with van der Waals surface area (Å²) in [6.07, 6.45) is 0. The lowest BCUT2D eigenvalue weighted by molar-refractivity contribution is 0.473. The Balaban J connectivity index is 2.99. The summed E-state index contributed by atoms with van der Waals surface area (Å²) < 4.78 is 26.2. The molecule has 0 atom stereocenters. The molecule has 78 valence electrons. The number of hydrogen-bond acceptors (Lipinski definition) is 4. The van der Waals surface area contributed by atoms with Crippen LogP contribution < -0.4 is 14.9 Å². The summed E-state index contributed by atoms with van der Waals surface area (Å²) >= 11 is 11.2. The Bertz CT molecular complexity index is 435. The van der Waals surface area contributed by atoms with Crippen molar-refractivity contribution in [3.63, 3.8) is 0 Å². The maximum Gasteiger partial charge on any atom is 0.395 e. The van der Waals surface area contributed by atoms with Crippen molar-refractivity contribution < 1.29 is 12.6 Å². The molecule has 0 aliphatic carbocycles. The summed E-state index contributed by atoms with van der Waals surface area (Å²) in [5.74, 6) is 4.65. The highest BCUT2D eigenvalue weighted by atomic mass is 35.5. The molecule has 0 saturated heterocycles. The first kappa shape index (κ1) is 11.5. The average molecular weight is 257 g/mol. The first-order valence-corrected chi connectivity index (χ1v) is 5.48. The number of benzene rings is 1. The smallest absolute Gasteiger partial charge is 0.368 e. The van der Waals surface area contributed by atoms with Gasteiger partial charge in [0.15, 0.2) is 5.75 Å². The molecule has 0 amide bonds. The average Bonchev–Trinajstić information content (AvgIpc) is 2.10. The molecule has 0 spiro atoms. The Morgan fingerprint density at radius 3 is 2.50 bits per heavy atom. The predicted octanol–water partition coefficient (Wildman–Crippen LogP) is 1.08. The first-order valence-electron chi connectivity index (χ1n) is 3.31. The van der Waals surface area contributed by atoms with Gasteiger partial charge in [0.25, 0.3) is 0 Å². The Hall–Kier alpha value is -0.530. The first-order chi connectivity index (χ1) is 6.44. The van der Waals surface area contributed by atoms with E-state index in [1.807, 2.05) is 0 Å². The standard InChI is InChI=1S/C6H6Cl2N2O3S/c7-4-1-2-6(5(8)3-4)13-14(11,12)10-9/h1-3,10H,9H2. The third-order valence-corrected chi connectivity index (χ3v) is 2.46. The minimum Gasteiger partial charge on any atom is -0.368 e. The van der Waals surface area contributed by atoms with Crippen molar-refractivity contribution >= 4 is 33.5 Å². The van der Waals surface area contributed by atoms with Crippen molar-refractivity contribution in [2.45, 2.75) is 0 Å². The van der Waals surface area contributed by atoms with Crippen LogP contribution in [0.1, 0.15) is 0 Å². The third-order valence-electron chi connectivity index (χ3n) is 1.24. The van der Waals surface area contributed by atoms with Crippen LogP contribution in [0, 0.1) is 0 Å². The van der Waals surface area contributed by atoms with Crippen molar-refractivity contribution in [1.29, 1.82) is 0 Å². The lowest BCUT2D eigenvalue weighted by atomic mass is 10.3. The monoisotopic (exact) mass is 256 g/mol. The van der Waals surface area contributed by atoms with E-state index in [9.17, 15) is 8.42 Å². The summed E-state index contributed by atoms with van der Waals surface area (Å²) in [5, 5.41) is 0.455. The lowest BCUT2D eigenvalue weighted by Crippen LogP contribution is -2.34. The van der Waals surface area contributed by atoms with Crippen LogP contribution in [0.15, 0.2) is 18.2 Å². The molecule has 14 heavy (non-hydrogen) atoms. The SMILES string of the molecule is NNS(=O)(=O)Oc1ccc(Cl)cc1Cl. The fourth-order valence-electron chi connectivity index (χ4n) is 0.685. The summed E-state index contributed by atoms with van der Waals surface area (Å²) in [6, 6.07) is 4.11. The lowest BCUT2D eigenvalue weighted by Gasteiger charge is -2.06. The molecule has 5 nitrogen and oxygen atoms in total. The van der Waals surface area contributed by atoms with Crippen LogP contribution in [0.4, 0.5) is 0 Å². The zero-order valence-electron chi connectivity index (χ0n) is 6.70. The second-order valence-electron chi connectivity index (χ2n) is 2.23. The summed E-state index contributed by atoms with van der Waals surface area (Å²) in [5.41, 5.74) is 0. The molecule has 3 N–H and O–H groups in total. The van der Waals surface area contributed by atoms with Crippen LogP contribution in [0.3, 0.4) is 0 Å². The highest BCUT2D eigenvalue weighted by molar-refractivity contribution is 7.85. The van der Waals surface area contributed by atoms with E-state index < -0.39 is 10.3 Å². The third kappa shape index (κ3) is 3.00. The molecule has 0 bridgehead atoms. The zero-order chi connectivity index (χ0) is 10.8. The highest BCUT2D eigenvalue weighted by Gasteiger charge is 2.12. The van der Waals surface area contributed by atoms with Crippen LogP contribution in [-0.4, -0.2) is 8.42 Å². The van der Waals surface area contributed by atoms with Crippen molar-refractivity contribution in [3.05, 3.63) is 28.2 Å². The Morgan fingerprint density at radius 1 is 1.36 bits per heavy atom. The van der Waals surface area contributed by atoms with Crippen molar-refractivity contribution in [3.8, 4) is 5.75 Å². The van der Waals surface area contributed by atoms with Gasteiger partial charge in [-0.3, -0.25) is 5.84 Å².